The van der Waals surface area contributed by atoms with Gasteiger partial charge in [-0.3, -0.25) is 9.59 Å². The van der Waals surface area contributed by atoms with Crippen LogP contribution in [0.2, 0.25) is 5.02 Å². The molecule has 1 fully saturated rings. The summed E-state index contributed by atoms with van der Waals surface area (Å²) < 4.78 is 1.79. The number of amides is 2. The largest absolute Gasteiger partial charge is 0.355 e. The highest BCUT2D eigenvalue weighted by atomic mass is 35.5. The summed E-state index contributed by atoms with van der Waals surface area (Å²) in [4.78, 5) is 27.9. The Bertz CT molecular complexity index is 745. The van der Waals surface area contributed by atoms with Gasteiger partial charge in [0.15, 0.2) is 0 Å². The third kappa shape index (κ3) is 3.94. The summed E-state index contributed by atoms with van der Waals surface area (Å²) in [5.74, 6) is 0.441. The molecule has 6 nitrogen and oxygen atoms in total. The molecule has 1 saturated carbocycles. The van der Waals surface area contributed by atoms with Crippen molar-refractivity contribution in [2.45, 2.75) is 19.8 Å². The number of carbonyl (C=O) groups is 2. The van der Waals surface area contributed by atoms with Gasteiger partial charge in [-0.15, -0.1) is 0 Å². The molecule has 2 aromatic rings. The maximum atomic E-state index is 12.1. The number of anilines is 1. The number of hydrogen-bond donors (Lipinski definition) is 2. The lowest BCUT2D eigenvalue weighted by molar-refractivity contribution is -0.122. The van der Waals surface area contributed by atoms with Crippen LogP contribution >= 0.6 is 11.6 Å². The zero-order valence-electron chi connectivity index (χ0n) is 13.3. The molecule has 126 valence electrons. The van der Waals surface area contributed by atoms with Crippen LogP contribution in [0.5, 0.6) is 0 Å². The van der Waals surface area contributed by atoms with Gasteiger partial charge >= 0.3 is 0 Å². The number of aromatic nitrogens is 2. The molecule has 0 bridgehead atoms. The standard InChI is InChI=1S/C17H19ClN4O2/c1-11-8-13(11)17(24)20-5-4-16(23)21-14-9-12(18)2-3-15(14)22-7-6-19-10-22/h2-3,6-7,9-11,13H,4-5,8H2,1H3,(H,20,24)(H,21,23). The van der Waals surface area contributed by atoms with Gasteiger partial charge in [-0.2, -0.15) is 0 Å². The normalized spacial score (nSPS) is 18.9. The van der Waals surface area contributed by atoms with Crippen molar-refractivity contribution in [3.63, 3.8) is 0 Å². The number of imidazole rings is 1. The highest BCUT2D eigenvalue weighted by Gasteiger charge is 2.38. The van der Waals surface area contributed by atoms with Crippen molar-refractivity contribution in [1.82, 2.24) is 14.9 Å². The topological polar surface area (TPSA) is 76.0 Å². The van der Waals surface area contributed by atoms with Crippen molar-refractivity contribution in [2.24, 2.45) is 11.8 Å². The molecule has 1 heterocycles. The van der Waals surface area contributed by atoms with Gasteiger partial charge in [0.05, 0.1) is 17.7 Å². The van der Waals surface area contributed by atoms with E-state index in [0.29, 0.717) is 23.2 Å². The van der Waals surface area contributed by atoms with E-state index in [4.69, 9.17) is 11.6 Å². The van der Waals surface area contributed by atoms with Crippen LogP contribution in [0.25, 0.3) is 5.69 Å². The highest BCUT2D eigenvalue weighted by Crippen LogP contribution is 2.37. The van der Waals surface area contributed by atoms with Gasteiger partial charge in [0, 0.05) is 36.3 Å². The number of benzene rings is 1. The number of nitrogens with one attached hydrogen (secondary N) is 2. The van der Waals surface area contributed by atoms with E-state index in [9.17, 15) is 9.59 Å². The zero-order chi connectivity index (χ0) is 17.1. The Balaban J connectivity index is 1.58. The maximum Gasteiger partial charge on any atom is 0.226 e. The lowest BCUT2D eigenvalue weighted by atomic mass is 10.2. The van der Waals surface area contributed by atoms with E-state index in [1.54, 1.807) is 35.4 Å². The van der Waals surface area contributed by atoms with Crippen LogP contribution in [0.1, 0.15) is 19.8 Å². The van der Waals surface area contributed by atoms with Crippen molar-refractivity contribution in [1.29, 1.82) is 0 Å². The summed E-state index contributed by atoms with van der Waals surface area (Å²) in [6, 6.07) is 5.26. The van der Waals surface area contributed by atoms with Crippen molar-refractivity contribution in [3.8, 4) is 5.69 Å². The first kappa shape index (κ1) is 16.5. The molecule has 0 saturated heterocycles. The average molecular weight is 347 g/mol. The first-order valence-corrected chi connectivity index (χ1v) is 8.28. The molecule has 0 radical (unpaired) electrons. The SMILES string of the molecule is CC1CC1C(=O)NCCC(=O)Nc1cc(Cl)ccc1-n1ccnc1. The maximum absolute atomic E-state index is 12.1. The predicted molar refractivity (Wildman–Crippen MR) is 92.1 cm³/mol. The van der Waals surface area contributed by atoms with E-state index >= 15 is 0 Å². The van der Waals surface area contributed by atoms with Crippen molar-refractivity contribution in [2.75, 3.05) is 11.9 Å². The minimum Gasteiger partial charge on any atom is -0.355 e. The summed E-state index contributed by atoms with van der Waals surface area (Å²) in [6.07, 6.45) is 6.25. The number of halogens is 1. The van der Waals surface area contributed by atoms with Crippen LogP contribution in [-0.2, 0) is 9.59 Å². The lowest BCUT2D eigenvalue weighted by Gasteiger charge is -2.12. The molecule has 0 spiro atoms. The van der Waals surface area contributed by atoms with Gasteiger partial charge < -0.3 is 15.2 Å². The van der Waals surface area contributed by atoms with Crippen molar-refractivity contribution in [3.05, 3.63) is 41.9 Å². The molecule has 1 aromatic heterocycles. The second-order valence-electron chi connectivity index (χ2n) is 6.04. The monoisotopic (exact) mass is 346 g/mol. The minimum atomic E-state index is -0.178. The summed E-state index contributed by atoms with van der Waals surface area (Å²) in [7, 11) is 0. The molecule has 2 atom stereocenters. The Labute approximate surface area is 145 Å². The van der Waals surface area contributed by atoms with Crippen LogP contribution < -0.4 is 10.6 Å². The molecule has 1 aliphatic rings. The molecular weight excluding hydrogens is 328 g/mol. The third-order valence-corrected chi connectivity index (χ3v) is 4.35. The molecule has 2 unspecified atom stereocenters. The van der Waals surface area contributed by atoms with Crippen LogP contribution in [0.3, 0.4) is 0 Å². The molecule has 1 aromatic carbocycles. The van der Waals surface area contributed by atoms with E-state index in [2.05, 4.69) is 15.6 Å². The molecular formula is C17H19ClN4O2. The second kappa shape index (κ2) is 7.05. The Morgan fingerprint density at radius 1 is 1.42 bits per heavy atom. The smallest absolute Gasteiger partial charge is 0.226 e. The second-order valence-corrected chi connectivity index (χ2v) is 6.48. The molecule has 2 N–H and O–H groups in total. The van der Waals surface area contributed by atoms with Gasteiger partial charge in [0.1, 0.15) is 0 Å². The molecule has 3 rings (SSSR count). The summed E-state index contributed by atoms with van der Waals surface area (Å²) in [5, 5.41) is 6.18. The van der Waals surface area contributed by atoms with Gasteiger partial charge in [0.25, 0.3) is 0 Å². The molecule has 7 heteroatoms. The van der Waals surface area contributed by atoms with Crippen LogP contribution in [-0.4, -0.2) is 27.9 Å². The first-order chi connectivity index (χ1) is 11.5. The number of nitrogens with zero attached hydrogens (tertiary/aromatic N) is 2. The Morgan fingerprint density at radius 3 is 2.88 bits per heavy atom. The van der Waals surface area contributed by atoms with Crippen LogP contribution in [0.15, 0.2) is 36.9 Å². The molecule has 0 aliphatic heterocycles. The predicted octanol–water partition coefficient (Wildman–Crippen LogP) is 2.63. The fraction of sp³-hybridized carbons (Fsp3) is 0.353. The molecule has 2 amide bonds. The van der Waals surface area contributed by atoms with Crippen LogP contribution in [0.4, 0.5) is 5.69 Å². The van der Waals surface area contributed by atoms with Gasteiger partial charge in [0.2, 0.25) is 11.8 Å². The molecule has 1 aliphatic carbocycles. The van der Waals surface area contributed by atoms with E-state index < -0.39 is 0 Å². The quantitative estimate of drug-likeness (QED) is 0.844. The van der Waals surface area contributed by atoms with Crippen molar-refractivity contribution >= 4 is 29.1 Å². The Morgan fingerprint density at radius 2 is 2.21 bits per heavy atom. The summed E-state index contributed by atoms with van der Waals surface area (Å²) in [6.45, 7) is 2.38. The summed E-state index contributed by atoms with van der Waals surface area (Å²) in [5.41, 5.74) is 1.38. The number of rotatable bonds is 6. The van der Waals surface area contributed by atoms with Gasteiger partial charge in [-0.05, 0) is 30.5 Å². The van der Waals surface area contributed by atoms with E-state index in [1.807, 2.05) is 13.0 Å². The fourth-order valence-electron chi connectivity index (χ4n) is 2.57. The minimum absolute atomic E-state index is 0.0390. The van der Waals surface area contributed by atoms with Crippen LogP contribution in [0, 0.1) is 11.8 Å². The number of hydrogen-bond acceptors (Lipinski definition) is 3. The fourth-order valence-corrected chi connectivity index (χ4v) is 2.74. The van der Waals surface area contributed by atoms with E-state index in [0.717, 1.165) is 12.1 Å². The zero-order valence-corrected chi connectivity index (χ0v) is 14.1. The van der Waals surface area contributed by atoms with E-state index in [-0.39, 0.29) is 24.2 Å². The highest BCUT2D eigenvalue weighted by molar-refractivity contribution is 6.31. The van der Waals surface area contributed by atoms with Crippen molar-refractivity contribution < 1.29 is 9.59 Å². The van der Waals surface area contributed by atoms with E-state index in [1.165, 1.54) is 0 Å². The van der Waals surface area contributed by atoms with Gasteiger partial charge in [-0.25, -0.2) is 4.98 Å². The molecule has 24 heavy (non-hydrogen) atoms. The number of carbonyl (C=O) groups excluding carboxylic acids is 2. The Hall–Kier alpha value is -2.34. The lowest BCUT2D eigenvalue weighted by Crippen LogP contribution is -2.29. The summed E-state index contributed by atoms with van der Waals surface area (Å²) >= 11 is 6.03. The average Bonchev–Trinajstić information content (AvgIpc) is 3.04. The van der Waals surface area contributed by atoms with Gasteiger partial charge in [-0.1, -0.05) is 18.5 Å². The Kier molecular flexibility index (Phi) is 4.85. The first-order valence-electron chi connectivity index (χ1n) is 7.90. The third-order valence-electron chi connectivity index (χ3n) is 4.11.